The minimum Gasteiger partial charge on any atom is -0.302 e. The second kappa shape index (κ2) is 8.29. The zero-order valence-corrected chi connectivity index (χ0v) is 17.0. The van der Waals surface area contributed by atoms with Crippen LogP contribution >= 0.6 is 39.7 Å². The van der Waals surface area contributed by atoms with Crippen molar-refractivity contribution in [2.75, 3.05) is 0 Å². The van der Waals surface area contributed by atoms with Gasteiger partial charge in [-0.3, -0.25) is 14.4 Å². The molecule has 138 valence electrons. The number of hydrogen-bond acceptors (Lipinski definition) is 4. The van der Waals surface area contributed by atoms with Gasteiger partial charge in [0, 0.05) is 27.4 Å². The number of carbonyl (C=O) groups excluding carboxylic acids is 3. The van der Waals surface area contributed by atoms with Crippen LogP contribution in [0.2, 0.25) is 5.02 Å². The van der Waals surface area contributed by atoms with Gasteiger partial charge in [0.15, 0.2) is 10.9 Å². The second-order valence-corrected chi connectivity index (χ2v) is 7.84. The van der Waals surface area contributed by atoms with E-state index in [1.165, 1.54) is 0 Å². The zero-order chi connectivity index (χ0) is 19.6. The summed E-state index contributed by atoms with van der Waals surface area (Å²) in [6.45, 7) is 0. The monoisotopic (exact) mass is 464 g/mol. The second-order valence-electron chi connectivity index (χ2n) is 6.08. The molecule has 0 aliphatic carbocycles. The maximum absolute atomic E-state index is 12.8. The van der Waals surface area contributed by atoms with E-state index in [-0.39, 0.29) is 17.3 Å². The van der Waals surface area contributed by atoms with Crippen LogP contribution in [0.1, 0.15) is 28.3 Å². The SMILES string of the molecule is O=C(CC(c1ccc(Br)cc1)C1C(=O)NC(=S)NC1=O)c1ccc(Cl)cc1. The first kappa shape index (κ1) is 19.7. The average molecular weight is 466 g/mol. The number of halogens is 2. The first-order valence-corrected chi connectivity index (χ1v) is 9.63. The Kier molecular flexibility index (Phi) is 6.04. The smallest absolute Gasteiger partial charge is 0.239 e. The summed E-state index contributed by atoms with van der Waals surface area (Å²) in [7, 11) is 0. The highest BCUT2D eigenvalue weighted by Gasteiger charge is 2.40. The van der Waals surface area contributed by atoms with Crippen molar-refractivity contribution >= 4 is 62.5 Å². The zero-order valence-electron chi connectivity index (χ0n) is 13.9. The summed E-state index contributed by atoms with van der Waals surface area (Å²) >= 11 is 14.1. The molecule has 3 rings (SSSR count). The Morgan fingerprint density at radius 3 is 2.15 bits per heavy atom. The summed E-state index contributed by atoms with van der Waals surface area (Å²) < 4.78 is 0.854. The van der Waals surface area contributed by atoms with Gasteiger partial charge in [0.2, 0.25) is 11.8 Å². The molecule has 1 aliphatic rings. The number of Topliss-reactive ketones (excluding diaryl/α,β-unsaturated/α-hetero) is 1. The third-order valence-corrected chi connectivity index (χ3v) is 5.30. The lowest BCUT2D eigenvalue weighted by Gasteiger charge is -2.29. The predicted octanol–water partition coefficient (Wildman–Crippen LogP) is 3.61. The van der Waals surface area contributed by atoms with E-state index in [9.17, 15) is 14.4 Å². The fourth-order valence-electron chi connectivity index (χ4n) is 2.99. The van der Waals surface area contributed by atoms with Crippen LogP contribution in [-0.2, 0) is 9.59 Å². The van der Waals surface area contributed by atoms with Crippen LogP contribution in [0.25, 0.3) is 0 Å². The molecule has 0 saturated carbocycles. The van der Waals surface area contributed by atoms with Gasteiger partial charge < -0.3 is 10.6 Å². The van der Waals surface area contributed by atoms with Gasteiger partial charge in [0.05, 0.1) is 0 Å². The Hall–Kier alpha value is -2.09. The molecule has 1 saturated heterocycles. The Balaban J connectivity index is 1.94. The number of nitrogens with one attached hydrogen (secondary N) is 2. The quantitative estimate of drug-likeness (QED) is 0.402. The lowest BCUT2D eigenvalue weighted by atomic mass is 9.80. The molecule has 0 spiro atoms. The Morgan fingerprint density at radius 1 is 1.04 bits per heavy atom. The summed E-state index contributed by atoms with van der Waals surface area (Å²) in [6.07, 6.45) is -0.0124. The molecule has 2 N–H and O–H groups in total. The molecule has 5 nitrogen and oxygen atoms in total. The molecule has 0 aromatic heterocycles. The standard InChI is InChI=1S/C19H14BrClN2O3S/c20-12-5-1-10(2-6-12)14(16-17(25)22-19(27)23-18(16)26)9-15(24)11-3-7-13(21)8-4-11/h1-8,14,16H,9H2,(H2,22,23,25,26,27). The van der Waals surface area contributed by atoms with E-state index in [1.807, 2.05) is 0 Å². The minimum absolute atomic E-state index is 0.0124. The molecule has 2 aromatic carbocycles. The van der Waals surface area contributed by atoms with Crippen molar-refractivity contribution in [3.8, 4) is 0 Å². The van der Waals surface area contributed by atoms with E-state index < -0.39 is 23.7 Å². The van der Waals surface area contributed by atoms with Gasteiger partial charge in [-0.2, -0.15) is 0 Å². The van der Waals surface area contributed by atoms with E-state index in [0.29, 0.717) is 16.1 Å². The van der Waals surface area contributed by atoms with Crippen molar-refractivity contribution in [2.24, 2.45) is 5.92 Å². The first-order chi connectivity index (χ1) is 12.8. The van der Waals surface area contributed by atoms with Gasteiger partial charge in [-0.1, -0.05) is 39.7 Å². The molecule has 0 bridgehead atoms. The van der Waals surface area contributed by atoms with Crippen molar-refractivity contribution in [3.63, 3.8) is 0 Å². The van der Waals surface area contributed by atoms with Crippen LogP contribution in [0.4, 0.5) is 0 Å². The number of benzene rings is 2. The Bertz CT molecular complexity index is 896. The first-order valence-electron chi connectivity index (χ1n) is 8.05. The third-order valence-electron chi connectivity index (χ3n) is 4.31. The molecule has 8 heteroatoms. The number of amides is 2. The maximum Gasteiger partial charge on any atom is 0.239 e. The minimum atomic E-state index is -1.06. The summed E-state index contributed by atoms with van der Waals surface area (Å²) in [5, 5.41) is 5.42. The van der Waals surface area contributed by atoms with E-state index in [2.05, 4.69) is 26.6 Å². The molecule has 27 heavy (non-hydrogen) atoms. The van der Waals surface area contributed by atoms with Crippen LogP contribution in [-0.4, -0.2) is 22.7 Å². The van der Waals surface area contributed by atoms with Crippen LogP contribution < -0.4 is 10.6 Å². The van der Waals surface area contributed by atoms with Crippen LogP contribution in [0.5, 0.6) is 0 Å². The van der Waals surface area contributed by atoms with Gasteiger partial charge in [-0.25, -0.2) is 0 Å². The topological polar surface area (TPSA) is 75.3 Å². The normalized spacial score (nSPS) is 15.9. The van der Waals surface area contributed by atoms with E-state index in [0.717, 1.165) is 4.47 Å². The molecule has 2 amide bonds. The van der Waals surface area contributed by atoms with Crippen LogP contribution in [0.15, 0.2) is 53.0 Å². The third kappa shape index (κ3) is 4.61. The largest absolute Gasteiger partial charge is 0.302 e. The number of rotatable bonds is 5. The predicted molar refractivity (Wildman–Crippen MR) is 110 cm³/mol. The van der Waals surface area contributed by atoms with Crippen molar-refractivity contribution in [2.45, 2.75) is 12.3 Å². The Morgan fingerprint density at radius 2 is 1.59 bits per heavy atom. The molecule has 1 fully saturated rings. The summed E-state index contributed by atoms with van der Waals surface area (Å²) in [6, 6.07) is 13.7. The highest BCUT2D eigenvalue weighted by molar-refractivity contribution is 9.10. The maximum atomic E-state index is 12.8. The number of thiocarbonyl (C=S) groups is 1. The lowest BCUT2D eigenvalue weighted by molar-refractivity contribution is -0.136. The van der Waals surface area contributed by atoms with Gasteiger partial charge in [0.1, 0.15) is 5.92 Å². The number of ketones is 1. The summed E-state index contributed by atoms with van der Waals surface area (Å²) in [5.74, 6) is -2.91. The highest BCUT2D eigenvalue weighted by Crippen LogP contribution is 2.32. The Labute approximate surface area is 174 Å². The fourth-order valence-corrected chi connectivity index (χ4v) is 3.58. The highest BCUT2D eigenvalue weighted by atomic mass is 79.9. The van der Waals surface area contributed by atoms with Crippen LogP contribution in [0, 0.1) is 5.92 Å². The lowest BCUT2D eigenvalue weighted by Crippen LogP contribution is -2.57. The molecule has 1 aliphatic heterocycles. The fraction of sp³-hybridized carbons (Fsp3) is 0.158. The van der Waals surface area contributed by atoms with E-state index >= 15 is 0 Å². The van der Waals surface area contributed by atoms with Gasteiger partial charge in [0.25, 0.3) is 0 Å². The number of carbonyl (C=O) groups is 3. The summed E-state index contributed by atoms with van der Waals surface area (Å²) in [4.78, 5) is 37.7. The van der Waals surface area contributed by atoms with Crippen molar-refractivity contribution < 1.29 is 14.4 Å². The van der Waals surface area contributed by atoms with Crippen molar-refractivity contribution in [1.82, 2.24) is 10.6 Å². The molecule has 0 radical (unpaired) electrons. The molecule has 2 aromatic rings. The van der Waals surface area contributed by atoms with Crippen LogP contribution in [0.3, 0.4) is 0 Å². The number of hydrogen-bond donors (Lipinski definition) is 2. The summed E-state index contributed by atoms with van der Waals surface area (Å²) in [5.41, 5.74) is 1.18. The van der Waals surface area contributed by atoms with Gasteiger partial charge in [-0.05, 0) is 54.2 Å². The molecular formula is C19H14BrClN2O3S. The van der Waals surface area contributed by atoms with Crippen molar-refractivity contribution in [3.05, 3.63) is 69.2 Å². The van der Waals surface area contributed by atoms with Crippen molar-refractivity contribution in [1.29, 1.82) is 0 Å². The van der Waals surface area contributed by atoms with E-state index in [4.69, 9.17) is 23.8 Å². The average Bonchev–Trinajstić information content (AvgIpc) is 2.61. The van der Waals surface area contributed by atoms with E-state index in [1.54, 1.807) is 48.5 Å². The van der Waals surface area contributed by atoms with Gasteiger partial charge >= 0.3 is 0 Å². The van der Waals surface area contributed by atoms with Gasteiger partial charge in [-0.15, -0.1) is 0 Å². The molecular weight excluding hydrogens is 452 g/mol. The molecule has 1 unspecified atom stereocenters. The molecule has 1 atom stereocenters. The molecule has 1 heterocycles.